The van der Waals surface area contributed by atoms with Crippen molar-refractivity contribution in [3.63, 3.8) is 0 Å². The Balaban J connectivity index is 3.19. The van der Waals surface area contributed by atoms with Gasteiger partial charge in [0.05, 0.1) is 6.42 Å². The summed E-state index contributed by atoms with van der Waals surface area (Å²) in [6, 6.07) is 0. The summed E-state index contributed by atoms with van der Waals surface area (Å²) in [4.78, 5) is 10.3. The van der Waals surface area contributed by atoms with E-state index in [9.17, 15) is 4.79 Å². The van der Waals surface area contributed by atoms with E-state index in [2.05, 4.69) is 17.6 Å². The van der Waals surface area contributed by atoms with E-state index in [-0.39, 0.29) is 6.42 Å². The molecule has 0 aliphatic carbocycles. The van der Waals surface area contributed by atoms with Crippen molar-refractivity contribution in [1.82, 2.24) is 10.6 Å². The van der Waals surface area contributed by atoms with Crippen LogP contribution in [0.5, 0.6) is 0 Å². The first-order valence-corrected chi connectivity index (χ1v) is 6.81. The number of nitrogens with one attached hydrogen (secondary N) is 2. The zero-order valence-corrected chi connectivity index (χ0v) is 11.4. The van der Waals surface area contributed by atoms with Gasteiger partial charge in [0.15, 0.2) is 5.11 Å². The molecule has 0 fully saturated rings. The lowest BCUT2D eigenvalue weighted by Crippen LogP contribution is -2.36. The van der Waals surface area contributed by atoms with Crippen molar-refractivity contribution >= 4 is 23.3 Å². The molecule has 0 rings (SSSR count). The molecule has 4 nitrogen and oxygen atoms in total. The van der Waals surface area contributed by atoms with Gasteiger partial charge in [-0.2, -0.15) is 0 Å². The van der Waals surface area contributed by atoms with Gasteiger partial charge >= 0.3 is 5.97 Å². The van der Waals surface area contributed by atoms with Gasteiger partial charge in [0, 0.05) is 13.1 Å². The zero-order valence-electron chi connectivity index (χ0n) is 10.6. The van der Waals surface area contributed by atoms with Crippen LogP contribution >= 0.6 is 12.2 Å². The summed E-state index contributed by atoms with van der Waals surface area (Å²) < 4.78 is 0. The van der Waals surface area contributed by atoms with Crippen molar-refractivity contribution in [2.24, 2.45) is 0 Å². The molecule has 0 saturated heterocycles. The molecule has 0 spiro atoms. The number of unbranched alkanes of at least 4 members (excludes halogenated alkanes) is 5. The van der Waals surface area contributed by atoms with Gasteiger partial charge in [0.1, 0.15) is 0 Å². The maximum absolute atomic E-state index is 10.3. The van der Waals surface area contributed by atoms with Crippen LogP contribution in [0.15, 0.2) is 0 Å². The third-order valence-electron chi connectivity index (χ3n) is 2.44. The summed E-state index contributed by atoms with van der Waals surface area (Å²) in [5, 5.41) is 14.9. The minimum Gasteiger partial charge on any atom is -0.481 e. The molecule has 0 heterocycles. The SMILES string of the molecule is CCCCCCCCNC(=S)NCCC(=O)O. The van der Waals surface area contributed by atoms with Crippen molar-refractivity contribution in [2.75, 3.05) is 13.1 Å². The van der Waals surface area contributed by atoms with Gasteiger partial charge in [-0.1, -0.05) is 39.0 Å². The van der Waals surface area contributed by atoms with E-state index in [1.165, 1.54) is 32.1 Å². The topological polar surface area (TPSA) is 61.4 Å². The van der Waals surface area contributed by atoms with E-state index in [0.717, 1.165) is 13.0 Å². The summed E-state index contributed by atoms with van der Waals surface area (Å²) in [5.41, 5.74) is 0. The maximum Gasteiger partial charge on any atom is 0.305 e. The number of aliphatic carboxylic acids is 1. The number of carboxylic acids is 1. The van der Waals surface area contributed by atoms with Crippen molar-refractivity contribution in [3.05, 3.63) is 0 Å². The lowest BCUT2D eigenvalue weighted by Gasteiger charge is -2.09. The Morgan fingerprint density at radius 2 is 1.65 bits per heavy atom. The Bertz CT molecular complexity index is 223. The van der Waals surface area contributed by atoms with Crippen LogP contribution in [0.3, 0.4) is 0 Å². The quantitative estimate of drug-likeness (QED) is 0.415. The first kappa shape index (κ1) is 16.2. The predicted octanol–water partition coefficient (Wildman–Crippen LogP) is 2.29. The van der Waals surface area contributed by atoms with Gasteiger partial charge in [-0.3, -0.25) is 4.79 Å². The molecule has 0 aliphatic heterocycles. The largest absolute Gasteiger partial charge is 0.481 e. The molecule has 3 N–H and O–H groups in total. The molecular weight excluding hydrogens is 236 g/mol. The molecule has 0 bridgehead atoms. The van der Waals surface area contributed by atoms with E-state index in [4.69, 9.17) is 17.3 Å². The van der Waals surface area contributed by atoms with Gasteiger partial charge in [-0.05, 0) is 18.6 Å². The van der Waals surface area contributed by atoms with Gasteiger partial charge < -0.3 is 15.7 Å². The fourth-order valence-electron chi connectivity index (χ4n) is 1.45. The van der Waals surface area contributed by atoms with Crippen LogP contribution in [0.2, 0.25) is 0 Å². The van der Waals surface area contributed by atoms with Crippen LogP contribution in [-0.2, 0) is 4.79 Å². The average Bonchev–Trinajstić information content (AvgIpc) is 2.27. The lowest BCUT2D eigenvalue weighted by molar-refractivity contribution is -0.136. The Kier molecular flexibility index (Phi) is 11.1. The van der Waals surface area contributed by atoms with E-state index >= 15 is 0 Å². The normalized spacial score (nSPS) is 9.94. The fourth-order valence-corrected chi connectivity index (χ4v) is 1.66. The molecule has 0 atom stereocenters. The molecule has 0 aromatic carbocycles. The average molecular weight is 260 g/mol. The molecule has 17 heavy (non-hydrogen) atoms. The highest BCUT2D eigenvalue weighted by atomic mass is 32.1. The standard InChI is InChI=1S/C12H24N2O2S/c1-2-3-4-5-6-7-9-13-12(17)14-10-8-11(15)16/h2-10H2,1H3,(H,15,16)(H2,13,14,17). The van der Waals surface area contributed by atoms with Crippen molar-refractivity contribution < 1.29 is 9.90 Å². The highest BCUT2D eigenvalue weighted by Gasteiger charge is 1.98. The van der Waals surface area contributed by atoms with Gasteiger partial charge in [-0.15, -0.1) is 0 Å². The Morgan fingerprint density at radius 3 is 2.29 bits per heavy atom. The first-order valence-electron chi connectivity index (χ1n) is 6.40. The summed E-state index contributed by atoms with van der Waals surface area (Å²) in [6.07, 6.45) is 7.64. The second-order valence-corrected chi connectivity index (χ2v) is 4.50. The number of hydrogen-bond acceptors (Lipinski definition) is 2. The van der Waals surface area contributed by atoms with E-state index in [1.54, 1.807) is 0 Å². The lowest BCUT2D eigenvalue weighted by atomic mass is 10.1. The van der Waals surface area contributed by atoms with Crippen LogP contribution in [0.1, 0.15) is 51.9 Å². The highest BCUT2D eigenvalue weighted by Crippen LogP contribution is 2.03. The Hall–Kier alpha value is -0.840. The van der Waals surface area contributed by atoms with E-state index in [0.29, 0.717) is 11.7 Å². The van der Waals surface area contributed by atoms with Crippen molar-refractivity contribution in [2.45, 2.75) is 51.9 Å². The molecule has 100 valence electrons. The zero-order chi connectivity index (χ0) is 12.9. The summed E-state index contributed by atoms with van der Waals surface area (Å²) in [6.45, 7) is 3.46. The number of thiocarbonyl (C=S) groups is 1. The molecule has 0 aromatic heterocycles. The molecule has 0 aliphatic rings. The van der Waals surface area contributed by atoms with E-state index in [1.807, 2.05) is 0 Å². The number of hydrogen-bond donors (Lipinski definition) is 3. The van der Waals surface area contributed by atoms with Gasteiger partial charge in [0.25, 0.3) is 0 Å². The van der Waals surface area contributed by atoms with Crippen molar-refractivity contribution in [3.8, 4) is 0 Å². The van der Waals surface area contributed by atoms with Crippen LogP contribution in [0.4, 0.5) is 0 Å². The molecule has 0 radical (unpaired) electrons. The molecule has 0 unspecified atom stereocenters. The Morgan fingerprint density at radius 1 is 1.06 bits per heavy atom. The second kappa shape index (κ2) is 11.6. The maximum atomic E-state index is 10.3. The number of carbonyl (C=O) groups is 1. The first-order chi connectivity index (χ1) is 8.16. The van der Waals surface area contributed by atoms with Gasteiger partial charge in [-0.25, -0.2) is 0 Å². The van der Waals surface area contributed by atoms with Crippen LogP contribution in [0, 0.1) is 0 Å². The van der Waals surface area contributed by atoms with Crippen LogP contribution in [-0.4, -0.2) is 29.3 Å². The minimum atomic E-state index is -0.809. The molecule has 0 amide bonds. The fraction of sp³-hybridized carbons (Fsp3) is 0.833. The molecular formula is C12H24N2O2S. The Labute approximate surface area is 109 Å². The van der Waals surface area contributed by atoms with Gasteiger partial charge in [0.2, 0.25) is 0 Å². The smallest absolute Gasteiger partial charge is 0.305 e. The van der Waals surface area contributed by atoms with E-state index < -0.39 is 5.97 Å². The highest BCUT2D eigenvalue weighted by molar-refractivity contribution is 7.80. The molecule has 0 aromatic rings. The third-order valence-corrected chi connectivity index (χ3v) is 2.73. The van der Waals surface area contributed by atoms with Crippen molar-refractivity contribution in [1.29, 1.82) is 0 Å². The van der Waals surface area contributed by atoms with Crippen LogP contribution in [0.25, 0.3) is 0 Å². The summed E-state index contributed by atoms with van der Waals surface area (Å²) in [5.74, 6) is -0.809. The summed E-state index contributed by atoms with van der Waals surface area (Å²) >= 11 is 5.01. The number of carboxylic acid groups (broad SMARTS) is 1. The molecule has 0 saturated carbocycles. The van der Waals surface area contributed by atoms with Crippen LogP contribution < -0.4 is 10.6 Å². The third kappa shape index (κ3) is 13.1. The predicted molar refractivity (Wildman–Crippen MR) is 74.2 cm³/mol. The number of rotatable bonds is 10. The minimum absolute atomic E-state index is 0.0961. The molecule has 5 heteroatoms. The second-order valence-electron chi connectivity index (χ2n) is 4.09. The summed E-state index contributed by atoms with van der Waals surface area (Å²) in [7, 11) is 0. The monoisotopic (exact) mass is 260 g/mol.